The summed E-state index contributed by atoms with van der Waals surface area (Å²) in [6, 6.07) is 13.2. The van der Waals surface area contributed by atoms with Crippen LogP contribution in [-0.4, -0.2) is 31.8 Å². The molecule has 0 radical (unpaired) electrons. The summed E-state index contributed by atoms with van der Waals surface area (Å²) < 4.78 is 14.5. The average molecular weight is 352 g/mol. The fraction of sp³-hybridized carbons (Fsp3) is 0.263. The van der Waals surface area contributed by atoms with Gasteiger partial charge in [0.1, 0.15) is 17.9 Å². The van der Waals surface area contributed by atoms with Crippen LogP contribution in [-0.2, 0) is 17.9 Å². The molecule has 0 aliphatic heterocycles. The lowest BCUT2D eigenvalue weighted by atomic mass is 10.2. The minimum Gasteiger partial charge on any atom is -0.334 e. The summed E-state index contributed by atoms with van der Waals surface area (Å²) in [5.41, 5.74) is 0.882. The Labute approximate surface area is 148 Å². The highest BCUT2D eigenvalue weighted by Gasteiger charge is 2.33. The second-order valence-corrected chi connectivity index (χ2v) is 6.45. The standard InChI is InChI=1S/C19H17FN4O2/c20-14-5-3-4-13(10-14)11-23(15-8-9-15)18(25)12-24-19(26)16-6-1-2-7-17(16)21-22-24/h1-7,10,15H,8-9,11-12H2. The summed E-state index contributed by atoms with van der Waals surface area (Å²) in [7, 11) is 0. The molecule has 7 heteroatoms. The monoisotopic (exact) mass is 352 g/mol. The molecule has 0 spiro atoms. The Balaban J connectivity index is 1.57. The number of rotatable bonds is 5. The maximum Gasteiger partial charge on any atom is 0.278 e. The first-order chi connectivity index (χ1) is 12.6. The van der Waals surface area contributed by atoms with Crippen LogP contribution >= 0.6 is 0 Å². The van der Waals surface area contributed by atoms with E-state index in [1.807, 2.05) is 0 Å². The first-order valence-electron chi connectivity index (χ1n) is 8.48. The van der Waals surface area contributed by atoms with Crippen molar-refractivity contribution >= 4 is 16.8 Å². The molecular formula is C19H17FN4O2. The van der Waals surface area contributed by atoms with Crippen LogP contribution in [0.5, 0.6) is 0 Å². The SMILES string of the molecule is O=C(Cn1nnc2ccccc2c1=O)N(Cc1cccc(F)c1)C1CC1. The van der Waals surface area contributed by atoms with Gasteiger partial charge in [-0.1, -0.05) is 29.5 Å². The Kier molecular flexibility index (Phi) is 4.20. The highest BCUT2D eigenvalue weighted by atomic mass is 19.1. The minimum absolute atomic E-state index is 0.134. The second-order valence-electron chi connectivity index (χ2n) is 6.45. The zero-order chi connectivity index (χ0) is 18.1. The molecular weight excluding hydrogens is 335 g/mol. The van der Waals surface area contributed by atoms with E-state index in [1.165, 1.54) is 12.1 Å². The Bertz CT molecular complexity index is 1030. The van der Waals surface area contributed by atoms with Crippen molar-refractivity contribution in [3.8, 4) is 0 Å². The molecule has 2 aromatic carbocycles. The summed E-state index contributed by atoms with van der Waals surface area (Å²) in [4.78, 5) is 27.0. The van der Waals surface area contributed by atoms with Crippen LogP contribution in [0.2, 0.25) is 0 Å². The number of amides is 1. The molecule has 1 fully saturated rings. The van der Waals surface area contributed by atoms with Gasteiger partial charge < -0.3 is 4.90 Å². The molecule has 1 aromatic heterocycles. The Hall–Kier alpha value is -3.09. The average Bonchev–Trinajstić information content (AvgIpc) is 3.47. The van der Waals surface area contributed by atoms with Crippen molar-refractivity contribution in [1.29, 1.82) is 0 Å². The van der Waals surface area contributed by atoms with E-state index < -0.39 is 0 Å². The van der Waals surface area contributed by atoms with Crippen molar-refractivity contribution < 1.29 is 9.18 Å². The Morgan fingerprint density at radius 1 is 1.19 bits per heavy atom. The molecule has 3 aromatic rings. The second kappa shape index (κ2) is 6.67. The lowest BCUT2D eigenvalue weighted by Crippen LogP contribution is -2.38. The van der Waals surface area contributed by atoms with Crippen molar-refractivity contribution in [2.45, 2.75) is 32.0 Å². The summed E-state index contributed by atoms with van der Waals surface area (Å²) >= 11 is 0. The first-order valence-corrected chi connectivity index (χ1v) is 8.48. The first kappa shape index (κ1) is 16.4. The van der Waals surface area contributed by atoms with Gasteiger partial charge in [0.2, 0.25) is 5.91 Å². The maximum atomic E-state index is 13.4. The number of benzene rings is 2. The third-order valence-corrected chi connectivity index (χ3v) is 4.46. The smallest absolute Gasteiger partial charge is 0.278 e. The van der Waals surface area contributed by atoms with Crippen LogP contribution in [0.25, 0.3) is 10.9 Å². The molecule has 26 heavy (non-hydrogen) atoms. The number of carbonyl (C=O) groups excluding carboxylic acids is 1. The van der Waals surface area contributed by atoms with Gasteiger partial charge in [-0.05, 0) is 42.7 Å². The van der Waals surface area contributed by atoms with Gasteiger partial charge in [0.05, 0.1) is 5.39 Å². The largest absolute Gasteiger partial charge is 0.334 e. The number of halogens is 1. The minimum atomic E-state index is -0.342. The van der Waals surface area contributed by atoms with Gasteiger partial charge in [-0.25, -0.2) is 9.07 Å². The summed E-state index contributed by atoms with van der Waals surface area (Å²) in [6.07, 6.45) is 1.83. The van der Waals surface area contributed by atoms with Crippen LogP contribution in [0.3, 0.4) is 0 Å². The van der Waals surface area contributed by atoms with Crippen LogP contribution < -0.4 is 5.56 Å². The van der Waals surface area contributed by atoms with Crippen molar-refractivity contribution in [3.63, 3.8) is 0 Å². The van der Waals surface area contributed by atoms with Crippen molar-refractivity contribution in [2.24, 2.45) is 0 Å². The van der Waals surface area contributed by atoms with E-state index in [2.05, 4.69) is 10.3 Å². The third kappa shape index (κ3) is 3.33. The number of hydrogen-bond acceptors (Lipinski definition) is 4. The van der Waals surface area contributed by atoms with Crippen LogP contribution in [0.4, 0.5) is 4.39 Å². The van der Waals surface area contributed by atoms with Gasteiger partial charge in [0.15, 0.2) is 0 Å². The van der Waals surface area contributed by atoms with Crippen LogP contribution in [0.1, 0.15) is 18.4 Å². The predicted molar refractivity (Wildman–Crippen MR) is 93.8 cm³/mol. The summed E-state index contributed by atoms with van der Waals surface area (Å²) in [5.74, 6) is -0.550. The molecule has 1 amide bonds. The molecule has 0 bridgehead atoms. The van der Waals surface area contributed by atoms with E-state index in [4.69, 9.17) is 0 Å². The molecule has 1 saturated carbocycles. The van der Waals surface area contributed by atoms with Crippen molar-refractivity contribution in [3.05, 3.63) is 70.3 Å². The number of nitrogens with zero attached hydrogens (tertiary/aromatic N) is 4. The number of hydrogen-bond donors (Lipinski definition) is 0. The fourth-order valence-corrected chi connectivity index (χ4v) is 2.99. The fourth-order valence-electron chi connectivity index (χ4n) is 2.99. The van der Waals surface area contributed by atoms with Crippen molar-refractivity contribution in [1.82, 2.24) is 19.9 Å². The molecule has 0 saturated heterocycles. The molecule has 6 nitrogen and oxygen atoms in total. The Morgan fingerprint density at radius 2 is 2.00 bits per heavy atom. The quantitative estimate of drug-likeness (QED) is 0.705. The zero-order valence-corrected chi connectivity index (χ0v) is 14.0. The van der Waals surface area contributed by atoms with Crippen molar-refractivity contribution in [2.75, 3.05) is 0 Å². The van der Waals surface area contributed by atoms with Gasteiger partial charge in [0, 0.05) is 12.6 Å². The summed E-state index contributed by atoms with van der Waals surface area (Å²) in [5, 5.41) is 8.31. The molecule has 0 N–H and O–H groups in total. The van der Waals surface area contributed by atoms with E-state index >= 15 is 0 Å². The third-order valence-electron chi connectivity index (χ3n) is 4.46. The van der Waals surface area contributed by atoms with Gasteiger partial charge in [-0.2, -0.15) is 0 Å². The van der Waals surface area contributed by atoms with Gasteiger partial charge in [-0.3, -0.25) is 9.59 Å². The molecule has 1 aliphatic carbocycles. The normalized spacial score (nSPS) is 13.7. The van der Waals surface area contributed by atoms with Gasteiger partial charge in [0.25, 0.3) is 5.56 Å². The Morgan fingerprint density at radius 3 is 2.77 bits per heavy atom. The molecule has 4 rings (SSSR count). The van der Waals surface area contributed by atoms with Gasteiger partial charge in [-0.15, -0.1) is 5.10 Å². The highest BCUT2D eigenvalue weighted by Crippen LogP contribution is 2.28. The number of fused-ring (bicyclic) bond motifs is 1. The molecule has 1 heterocycles. The lowest BCUT2D eigenvalue weighted by molar-refractivity contribution is -0.133. The molecule has 132 valence electrons. The maximum absolute atomic E-state index is 13.4. The van der Waals surface area contributed by atoms with E-state index in [9.17, 15) is 14.0 Å². The number of carbonyl (C=O) groups is 1. The summed E-state index contributed by atoms with van der Waals surface area (Å²) in [6.45, 7) is 0.138. The van der Waals surface area contributed by atoms with Gasteiger partial charge >= 0.3 is 0 Å². The zero-order valence-electron chi connectivity index (χ0n) is 14.0. The van der Waals surface area contributed by atoms with E-state index in [1.54, 1.807) is 41.3 Å². The number of aromatic nitrogens is 3. The lowest BCUT2D eigenvalue weighted by Gasteiger charge is -2.22. The van der Waals surface area contributed by atoms with E-state index in [0.717, 1.165) is 23.1 Å². The molecule has 0 atom stereocenters. The molecule has 1 aliphatic rings. The highest BCUT2D eigenvalue weighted by molar-refractivity contribution is 5.78. The van der Waals surface area contributed by atoms with Crippen LogP contribution in [0, 0.1) is 5.82 Å². The topological polar surface area (TPSA) is 68.1 Å². The van der Waals surface area contributed by atoms with E-state index in [0.29, 0.717) is 17.4 Å². The molecule has 0 unspecified atom stereocenters. The van der Waals surface area contributed by atoms with E-state index in [-0.39, 0.29) is 29.9 Å². The predicted octanol–water partition coefficient (Wildman–Crippen LogP) is 2.12. The van der Waals surface area contributed by atoms with Crippen LogP contribution in [0.15, 0.2) is 53.3 Å².